The van der Waals surface area contributed by atoms with Gasteiger partial charge in [0.15, 0.2) is 0 Å². The average molecular weight is 262 g/mol. The van der Waals surface area contributed by atoms with E-state index in [0.717, 1.165) is 11.1 Å². The molecule has 0 radical (unpaired) electrons. The molecule has 0 fully saturated rings. The number of hydrogen-bond acceptors (Lipinski definition) is 2. The zero-order valence-electron chi connectivity index (χ0n) is 9.51. The van der Waals surface area contributed by atoms with E-state index in [4.69, 9.17) is 22.4 Å². The van der Waals surface area contributed by atoms with Gasteiger partial charge in [-0.2, -0.15) is 0 Å². The lowest BCUT2D eigenvalue weighted by Crippen LogP contribution is -2.20. The molecule has 0 aliphatic heterocycles. The van der Waals surface area contributed by atoms with Crippen molar-refractivity contribution in [3.63, 3.8) is 0 Å². The van der Waals surface area contributed by atoms with Crippen LogP contribution < -0.4 is 5.73 Å². The van der Waals surface area contributed by atoms with Crippen LogP contribution in [-0.2, 0) is 4.79 Å². The lowest BCUT2D eigenvalue weighted by molar-refractivity contribution is -0.138. The number of benzene rings is 2. The van der Waals surface area contributed by atoms with Crippen LogP contribution in [0.5, 0.6) is 0 Å². The molecule has 0 spiro atoms. The Morgan fingerprint density at radius 2 is 1.78 bits per heavy atom. The molecule has 0 aliphatic carbocycles. The van der Waals surface area contributed by atoms with Crippen molar-refractivity contribution in [2.24, 2.45) is 5.73 Å². The predicted molar refractivity (Wildman–Crippen MR) is 71.5 cm³/mol. The molecule has 2 rings (SSSR count). The van der Waals surface area contributed by atoms with Crippen molar-refractivity contribution in [1.82, 2.24) is 0 Å². The Labute approximate surface area is 110 Å². The zero-order chi connectivity index (χ0) is 13.1. The minimum absolute atomic E-state index is 0.577. The number of carboxylic acids is 1. The van der Waals surface area contributed by atoms with Crippen molar-refractivity contribution in [3.05, 3.63) is 59.1 Å². The quantitative estimate of drug-likeness (QED) is 0.892. The molecule has 18 heavy (non-hydrogen) atoms. The number of hydrogen-bond donors (Lipinski definition) is 2. The zero-order valence-corrected chi connectivity index (χ0v) is 10.3. The highest BCUT2D eigenvalue weighted by Crippen LogP contribution is 2.24. The molecule has 1 unspecified atom stereocenters. The summed E-state index contributed by atoms with van der Waals surface area (Å²) in [7, 11) is 0. The fraction of sp³-hybridized carbons (Fsp3) is 0.0714. The van der Waals surface area contributed by atoms with E-state index in [0.29, 0.717) is 10.6 Å². The highest BCUT2D eigenvalue weighted by Gasteiger charge is 2.13. The molecule has 1 atom stereocenters. The van der Waals surface area contributed by atoms with E-state index in [-0.39, 0.29) is 0 Å². The van der Waals surface area contributed by atoms with Crippen LogP contribution in [0.2, 0.25) is 5.02 Å². The Hall–Kier alpha value is -1.84. The summed E-state index contributed by atoms with van der Waals surface area (Å²) in [6.45, 7) is 0. The monoisotopic (exact) mass is 261 g/mol. The van der Waals surface area contributed by atoms with Crippen molar-refractivity contribution in [2.75, 3.05) is 0 Å². The number of carboxylic acid groups (broad SMARTS) is 1. The Morgan fingerprint density at radius 3 is 2.33 bits per heavy atom. The van der Waals surface area contributed by atoms with E-state index >= 15 is 0 Å². The van der Waals surface area contributed by atoms with Crippen LogP contribution in [0.3, 0.4) is 0 Å². The van der Waals surface area contributed by atoms with Gasteiger partial charge in [0.2, 0.25) is 0 Å². The van der Waals surface area contributed by atoms with Gasteiger partial charge in [-0.15, -0.1) is 0 Å². The second-order valence-electron chi connectivity index (χ2n) is 3.95. The van der Waals surface area contributed by atoms with E-state index in [9.17, 15) is 4.79 Å². The fourth-order valence-corrected chi connectivity index (χ4v) is 1.88. The van der Waals surface area contributed by atoms with E-state index in [1.807, 2.05) is 30.3 Å². The van der Waals surface area contributed by atoms with Crippen molar-refractivity contribution >= 4 is 17.6 Å². The molecule has 0 amide bonds. The first-order valence-corrected chi connectivity index (χ1v) is 5.80. The lowest BCUT2D eigenvalue weighted by atomic mass is 10.0. The van der Waals surface area contributed by atoms with Gasteiger partial charge < -0.3 is 10.8 Å². The maximum Gasteiger partial charge on any atom is 0.325 e. The van der Waals surface area contributed by atoms with Gasteiger partial charge >= 0.3 is 5.97 Å². The van der Waals surface area contributed by atoms with Gasteiger partial charge in [0.05, 0.1) is 0 Å². The van der Waals surface area contributed by atoms with Gasteiger partial charge in [-0.05, 0) is 28.8 Å². The standard InChI is InChI=1S/C14H12ClNO2/c15-12-3-1-2-11(8-12)9-4-6-10(7-5-9)13(16)14(17)18/h1-8,13H,16H2,(H,17,18). The van der Waals surface area contributed by atoms with Crippen LogP contribution >= 0.6 is 11.6 Å². The minimum atomic E-state index is -1.04. The molecule has 3 N–H and O–H groups in total. The van der Waals surface area contributed by atoms with Gasteiger partial charge in [-0.3, -0.25) is 4.79 Å². The highest BCUT2D eigenvalue weighted by atomic mass is 35.5. The van der Waals surface area contributed by atoms with Crippen LogP contribution in [0, 0.1) is 0 Å². The molecule has 2 aromatic carbocycles. The smallest absolute Gasteiger partial charge is 0.325 e. The summed E-state index contributed by atoms with van der Waals surface area (Å²) in [6.07, 6.45) is 0. The maximum absolute atomic E-state index is 10.8. The summed E-state index contributed by atoms with van der Waals surface area (Å²) in [5.74, 6) is -1.04. The molecular weight excluding hydrogens is 250 g/mol. The van der Waals surface area contributed by atoms with Crippen molar-refractivity contribution < 1.29 is 9.90 Å². The van der Waals surface area contributed by atoms with Crippen LogP contribution in [0.1, 0.15) is 11.6 Å². The summed E-state index contributed by atoms with van der Waals surface area (Å²) in [4.78, 5) is 10.8. The first-order chi connectivity index (χ1) is 8.58. The van der Waals surface area contributed by atoms with E-state index < -0.39 is 12.0 Å². The summed E-state index contributed by atoms with van der Waals surface area (Å²) >= 11 is 5.92. The van der Waals surface area contributed by atoms with Gasteiger partial charge in [0, 0.05) is 5.02 Å². The number of rotatable bonds is 3. The van der Waals surface area contributed by atoms with Crippen LogP contribution in [0.4, 0.5) is 0 Å². The van der Waals surface area contributed by atoms with Crippen LogP contribution in [0.15, 0.2) is 48.5 Å². The summed E-state index contributed by atoms with van der Waals surface area (Å²) in [6, 6.07) is 13.6. The molecule has 0 aromatic heterocycles. The number of aliphatic carboxylic acids is 1. The summed E-state index contributed by atoms with van der Waals surface area (Å²) in [5.41, 5.74) is 8.06. The maximum atomic E-state index is 10.8. The molecular formula is C14H12ClNO2. The highest BCUT2D eigenvalue weighted by molar-refractivity contribution is 6.30. The van der Waals surface area contributed by atoms with Gasteiger partial charge in [0.25, 0.3) is 0 Å². The molecule has 0 aliphatic rings. The second-order valence-corrected chi connectivity index (χ2v) is 4.38. The summed E-state index contributed by atoms with van der Waals surface area (Å²) in [5, 5.41) is 9.48. The third-order valence-corrected chi connectivity index (χ3v) is 2.93. The third kappa shape index (κ3) is 2.70. The molecule has 2 aromatic rings. The predicted octanol–water partition coefficient (Wildman–Crippen LogP) is 3.09. The van der Waals surface area contributed by atoms with Crippen LogP contribution in [-0.4, -0.2) is 11.1 Å². The Kier molecular flexibility index (Phi) is 3.65. The molecule has 0 bridgehead atoms. The topological polar surface area (TPSA) is 63.3 Å². The lowest BCUT2D eigenvalue weighted by Gasteiger charge is -2.08. The Morgan fingerprint density at radius 1 is 1.11 bits per heavy atom. The number of carbonyl (C=O) groups is 1. The molecule has 0 heterocycles. The Bertz CT molecular complexity index is 566. The SMILES string of the molecule is NC(C(=O)O)c1ccc(-c2cccc(Cl)c2)cc1. The van der Waals surface area contributed by atoms with Gasteiger partial charge in [0.1, 0.15) is 6.04 Å². The van der Waals surface area contributed by atoms with Crippen molar-refractivity contribution in [1.29, 1.82) is 0 Å². The van der Waals surface area contributed by atoms with Gasteiger partial charge in [-0.1, -0.05) is 48.0 Å². The largest absolute Gasteiger partial charge is 0.480 e. The minimum Gasteiger partial charge on any atom is -0.480 e. The second kappa shape index (κ2) is 5.21. The van der Waals surface area contributed by atoms with E-state index in [1.54, 1.807) is 18.2 Å². The van der Waals surface area contributed by atoms with Crippen molar-refractivity contribution in [2.45, 2.75) is 6.04 Å². The van der Waals surface area contributed by atoms with Crippen LogP contribution in [0.25, 0.3) is 11.1 Å². The fourth-order valence-electron chi connectivity index (χ4n) is 1.69. The van der Waals surface area contributed by atoms with E-state index in [2.05, 4.69) is 0 Å². The molecule has 92 valence electrons. The Balaban J connectivity index is 2.30. The molecule has 0 saturated heterocycles. The third-order valence-electron chi connectivity index (χ3n) is 2.69. The molecule has 3 nitrogen and oxygen atoms in total. The van der Waals surface area contributed by atoms with Crippen molar-refractivity contribution in [3.8, 4) is 11.1 Å². The molecule has 0 saturated carbocycles. The van der Waals surface area contributed by atoms with Gasteiger partial charge in [-0.25, -0.2) is 0 Å². The number of halogens is 1. The first-order valence-electron chi connectivity index (χ1n) is 5.42. The molecule has 4 heteroatoms. The number of nitrogens with two attached hydrogens (primary N) is 1. The first kappa shape index (κ1) is 12.6. The normalized spacial score (nSPS) is 12.1. The summed E-state index contributed by atoms with van der Waals surface area (Å²) < 4.78 is 0. The van der Waals surface area contributed by atoms with E-state index in [1.165, 1.54) is 0 Å². The average Bonchev–Trinajstić information content (AvgIpc) is 2.38.